The summed E-state index contributed by atoms with van der Waals surface area (Å²) in [5.41, 5.74) is -0.419. The van der Waals surface area contributed by atoms with Crippen LogP contribution in [0.15, 0.2) is 24.3 Å². The van der Waals surface area contributed by atoms with Crippen molar-refractivity contribution < 1.29 is 18.0 Å². The molecule has 0 radical (unpaired) electrons. The standard InChI is InChI=1S/C16H19F3O/c1-14(2)13(15(14,3)4)12(20)9-10-6-5-7-11(8-10)16(17,18)19/h5-8,13H,9H2,1-4H3. The Bertz CT molecular complexity index is 527. The molecular formula is C16H19F3O. The Balaban J connectivity index is 2.15. The number of hydrogen-bond donors (Lipinski definition) is 0. The average Bonchev–Trinajstić information content (AvgIpc) is 2.68. The lowest BCUT2D eigenvalue weighted by Gasteiger charge is -2.09. The first-order valence-electron chi connectivity index (χ1n) is 6.67. The van der Waals surface area contributed by atoms with Gasteiger partial charge in [0.05, 0.1) is 5.56 Å². The molecule has 1 aromatic rings. The van der Waals surface area contributed by atoms with Crippen molar-refractivity contribution in [3.8, 4) is 0 Å². The van der Waals surface area contributed by atoms with Crippen LogP contribution in [-0.2, 0) is 17.4 Å². The maximum absolute atomic E-state index is 12.6. The van der Waals surface area contributed by atoms with Crippen LogP contribution in [0.3, 0.4) is 0 Å². The number of benzene rings is 1. The Morgan fingerprint density at radius 3 is 2.15 bits per heavy atom. The monoisotopic (exact) mass is 284 g/mol. The molecule has 0 amide bonds. The van der Waals surface area contributed by atoms with Gasteiger partial charge >= 0.3 is 6.18 Å². The van der Waals surface area contributed by atoms with E-state index in [1.165, 1.54) is 6.07 Å². The predicted molar refractivity (Wildman–Crippen MR) is 71.2 cm³/mol. The topological polar surface area (TPSA) is 17.1 Å². The van der Waals surface area contributed by atoms with Crippen molar-refractivity contribution in [1.82, 2.24) is 0 Å². The lowest BCUT2D eigenvalue weighted by Crippen LogP contribution is -2.11. The van der Waals surface area contributed by atoms with Crippen LogP contribution in [0.4, 0.5) is 13.2 Å². The van der Waals surface area contributed by atoms with Crippen LogP contribution in [0, 0.1) is 16.7 Å². The quantitative estimate of drug-likeness (QED) is 0.798. The van der Waals surface area contributed by atoms with Gasteiger partial charge in [-0.1, -0.05) is 45.9 Å². The average molecular weight is 284 g/mol. The summed E-state index contributed by atoms with van der Waals surface area (Å²) in [6.45, 7) is 8.12. The molecule has 1 aromatic carbocycles. The van der Waals surface area contributed by atoms with E-state index in [0.717, 1.165) is 12.1 Å². The number of halogens is 3. The van der Waals surface area contributed by atoms with E-state index < -0.39 is 11.7 Å². The number of alkyl halides is 3. The van der Waals surface area contributed by atoms with Gasteiger partial charge in [0.1, 0.15) is 5.78 Å². The molecule has 20 heavy (non-hydrogen) atoms. The van der Waals surface area contributed by atoms with Crippen molar-refractivity contribution in [2.45, 2.75) is 40.3 Å². The van der Waals surface area contributed by atoms with Gasteiger partial charge < -0.3 is 0 Å². The van der Waals surface area contributed by atoms with Crippen molar-refractivity contribution in [2.75, 3.05) is 0 Å². The van der Waals surface area contributed by atoms with Gasteiger partial charge in [0.25, 0.3) is 0 Å². The number of rotatable bonds is 3. The third-order valence-electron chi connectivity index (χ3n) is 4.98. The highest BCUT2D eigenvalue weighted by atomic mass is 19.4. The van der Waals surface area contributed by atoms with E-state index in [0.29, 0.717) is 5.56 Å². The van der Waals surface area contributed by atoms with E-state index in [2.05, 4.69) is 0 Å². The van der Waals surface area contributed by atoms with Gasteiger partial charge in [-0.05, 0) is 22.5 Å². The smallest absolute Gasteiger partial charge is 0.299 e. The van der Waals surface area contributed by atoms with E-state index in [9.17, 15) is 18.0 Å². The molecule has 0 aromatic heterocycles. The minimum atomic E-state index is -4.36. The SMILES string of the molecule is CC1(C)C(C(=O)Cc2cccc(C(F)(F)F)c2)C1(C)C. The van der Waals surface area contributed by atoms with E-state index >= 15 is 0 Å². The Morgan fingerprint density at radius 2 is 1.70 bits per heavy atom. The van der Waals surface area contributed by atoms with Gasteiger partial charge in [-0.25, -0.2) is 0 Å². The van der Waals surface area contributed by atoms with Gasteiger partial charge in [-0.2, -0.15) is 13.2 Å². The fourth-order valence-corrected chi connectivity index (χ4v) is 3.16. The maximum atomic E-state index is 12.6. The summed E-state index contributed by atoms with van der Waals surface area (Å²) in [5.74, 6) is -0.0520. The first-order chi connectivity index (χ1) is 8.98. The van der Waals surface area contributed by atoms with Gasteiger partial charge in [0.15, 0.2) is 0 Å². The minimum absolute atomic E-state index is 0.0272. The zero-order valence-electron chi connectivity index (χ0n) is 12.1. The molecule has 110 valence electrons. The van der Waals surface area contributed by atoms with Crippen LogP contribution < -0.4 is 0 Å². The molecule has 0 N–H and O–H groups in total. The van der Waals surface area contributed by atoms with Crippen LogP contribution in [0.1, 0.15) is 38.8 Å². The van der Waals surface area contributed by atoms with E-state index in [1.807, 2.05) is 27.7 Å². The van der Waals surface area contributed by atoms with Gasteiger partial charge in [-0.3, -0.25) is 4.79 Å². The lowest BCUT2D eigenvalue weighted by molar-refractivity contribution is -0.137. The zero-order chi connectivity index (χ0) is 15.3. The van der Waals surface area contributed by atoms with Crippen molar-refractivity contribution in [2.24, 2.45) is 16.7 Å². The van der Waals surface area contributed by atoms with Gasteiger partial charge in [-0.15, -0.1) is 0 Å². The van der Waals surface area contributed by atoms with Crippen LogP contribution in [-0.4, -0.2) is 5.78 Å². The molecule has 1 fully saturated rings. The highest BCUT2D eigenvalue weighted by Crippen LogP contribution is 2.68. The normalized spacial score (nSPS) is 20.8. The Labute approximate surface area is 117 Å². The molecular weight excluding hydrogens is 265 g/mol. The fourth-order valence-electron chi connectivity index (χ4n) is 3.16. The fraction of sp³-hybridized carbons (Fsp3) is 0.562. The number of hydrogen-bond acceptors (Lipinski definition) is 1. The van der Waals surface area contributed by atoms with Crippen molar-refractivity contribution in [3.63, 3.8) is 0 Å². The summed E-state index contributed by atoms with van der Waals surface area (Å²) in [6, 6.07) is 5.03. The second kappa shape index (κ2) is 4.34. The van der Waals surface area contributed by atoms with Crippen LogP contribution in [0.25, 0.3) is 0 Å². The number of Topliss-reactive ketones (excluding diaryl/α,β-unsaturated/α-hetero) is 1. The van der Waals surface area contributed by atoms with Crippen LogP contribution in [0.2, 0.25) is 0 Å². The third-order valence-corrected chi connectivity index (χ3v) is 4.98. The highest BCUT2D eigenvalue weighted by Gasteiger charge is 2.67. The second-order valence-electron chi connectivity index (χ2n) is 6.72. The molecule has 1 saturated carbocycles. The molecule has 1 aliphatic rings. The molecule has 0 aliphatic heterocycles. The van der Waals surface area contributed by atoms with E-state index in [1.54, 1.807) is 6.07 Å². The molecule has 1 nitrogen and oxygen atoms in total. The summed E-state index contributed by atoms with van der Waals surface area (Å²) in [7, 11) is 0. The number of carbonyl (C=O) groups excluding carboxylic acids is 1. The Morgan fingerprint density at radius 1 is 1.15 bits per heavy atom. The molecule has 0 saturated heterocycles. The maximum Gasteiger partial charge on any atom is 0.416 e. The second-order valence-corrected chi connectivity index (χ2v) is 6.72. The van der Waals surface area contributed by atoms with E-state index in [4.69, 9.17) is 0 Å². The molecule has 2 rings (SSSR count). The predicted octanol–water partition coefficient (Wildman–Crippen LogP) is 4.50. The highest BCUT2D eigenvalue weighted by molar-refractivity contribution is 5.88. The van der Waals surface area contributed by atoms with Crippen molar-refractivity contribution in [1.29, 1.82) is 0 Å². The van der Waals surface area contributed by atoms with Crippen molar-refractivity contribution in [3.05, 3.63) is 35.4 Å². The molecule has 0 bridgehead atoms. The summed E-state index contributed by atoms with van der Waals surface area (Å²) in [4.78, 5) is 12.3. The van der Waals surface area contributed by atoms with Crippen LogP contribution >= 0.6 is 0 Å². The zero-order valence-corrected chi connectivity index (χ0v) is 12.1. The molecule has 4 heteroatoms. The number of ketones is 1. The van der Waals surface area contributed by atoms with E-state index in [-0.39, 0.29) is 29.0 Å². The van der Waals surface area contributed by atoms with Crippen LogP contribution in [0.5, 0.6) is 0 Å². The largest absolute Gasteiger partial charge is 0.416 e. The lowest BCUT2D eigenvalue weighted by atomic mass is 10.00. The molecule has 0 heterocycles. The summed E-state index contributed by atoms with van der Waals surface area (Å²) in [5, 5.41) is 0. The Kier molecular flexibility index (Phi) is 3.27. The first-order valence-corrected chi connectivity index (χ1v) is 6.67. The first kappa shape index (κ1) is 15.1. The van der Waals surface area contributed by atoms with Gasteiger partial charge in [0.2, 0.25) is 0 Å². The molecule has 0 spiro atoms. The summed E-state index contributed by atoms with van der Waals surface area (Å²) >= 11 is 0. The molecule has 1 aliphatic carbocycles. The summed E-state index contributed by atoms with van der Waals surface area (Å²) in [6.07, 6.45) is -4.29. The Hall–Kier alpha value is -1.32. The third kappa shape index (κ3) is 2.36. The summed E-state index contributed by atoms with van der Waals surface area (Å²) < 4.78 is 37.9. The van der Waals surface area contributed by atoms with Gasteiger partial charge in [0, 0.05) is 12.3 Å². The minimum Gasteiger partial charge on any atom is -0.299 e. The molecule has 0 unspecified atom stereocenters. The van der Waals surface area contributed by atoms with Crippen molar-refractivity contribution >= 4 is 5.78 Å². The molecule has 0 atom stereocenters. The number of carbonyl (C=O) groups is 1.